The van der Waals surface area contributed by atoms with E-state index in [9.17, 15) is 0 Å². The molecule has 0 saturated carbocycles. The quantitative estimate of drug-likeness (QED) is 0.382. The predicted molar refractivity (Wildman–Crippen MR) is 27.4 cm³/mol. The van der Waals surface area contributed by atoms with Crippen molar-refractivity contribution in [1.29, 1.82) is 0 Å². The second-order valence-corrected chi connectivity index (χ2v) is 5.58. The molecule has 5 heavy (non-hydrogen) atoms. The SMILES string of the molecule is CC1(C)C[SiH2]1. The fourth-order valence-electron chi connectivity index (χ4n) is 0.250. The van der Waals surface area contributed by atoms with Crippen LogP contribution in [-0.4, -0.2) is 9.52 Å². The Morgan fingerprint density at radius 3 is 1.80 bits per heavy atom. The van der Waals surface area contributed by atoms with Crippen molar-refractivity contribution < 1.29 is 0 Å². The summed E-state index contributed by atoms with van der Waals surface area (Å²) < 4.78 is 0. The third-order valence-corrected chi connectivity index (χ3v) is 3.75. The Bertz CT molecular complexity index is 41.6. The summed E-state index contributed by atoms with van der Waals surface area (Å²) in [4.78, 5) is 0. The summed E-state index contributed by atoms with van der Waals surface area (Å²) in [5, 5.41) is 0.889. The van der Waals surface area contributed by atoms with E-state index in [0.29, 0.717) is 9.52 Å². The van der Waals surface area contributed by atoms with Crippen LogP contribution in [0.1, 0.15) is 13.8 Å². The molecule has 1 saturated heterocycles. The van der Waals surface area contributed by atoms with Gasteiger partial charge in [0.2, 0.25) is 0 Å². The second-order valence-electron chi connectivity index (χ2n) is 2.66. The molecule has 0 bridgehead atoms. The minimum atomic E-state index is 0.495. The maximum Gasteiger partial charge on any atom is 0.0262 e. The van der Waals surface area contributed by atoms with E-state index >= 15 is 0 Å². The topological polar surface area (TPSA) is 0 Å². The van der Waals surface area contributed by atoms with Crippen molar-refractivity contribution in [1.82, 2.24) is 0 Å². The zero-order valence-electron chi connectivity index (χ0n) is 3.91. The van der Waals surface area contributed by atoms with Crippen molar-refractivity contribution in [3.63, 3.8) is 0 Å². The highest BCUT2D eigenvalue weighted by Crippen LogP contribution is 2.43. The smallest absolute Gasteiger partial charge is 0.0262 e. The molecule has 30 valence electrons. The molecule has 1 aliphatic heterocycles. The molecule has 0 radical (unpaired) electrons. The number of rotatable bonds is 0. The molecule has 0 atom stereocenters. The van der Waals surface area contributed by atoms with Gasteiger partial charge in [0.1, 0.15) is 0 Å². The minimum Gasteiger partial charge on any atom is -0.0632 e. The van der Waals surface area contributed by atoms with Gasteiger partial charge < -0.3 is 0 Å². The maximum absolute atomic E-state index is 2.36. The van der Waals surface area contributed by atoms with Gasteiger partial charge in [-0.25, -0.2) is 0 Å². The lowest BCUT2D eigenvalue weighted by atomic mass is 10.3. The second kappa shape index (κ2) is 0.646. The standard InChI is InChI=1S/C4H10Si/c1-4(2)3-5-4/h3,5H2,1-2H3. The summed E-state index contributed by atoms with van der Waals surface area (Å²) in [6.45, 7) is 4.72. The van der Waals surface area contributed by atoms with E-state index in [0.717, 1.165) is 5.04 Å². The zero-order chi connectivity index (χ0) is 3.91. The van der Waals surface area contributed by atoms with Gasteiger partial charge in [-0.05, 0) is 5.04 Å². The highest BCUT2D eigenvalue weighted by molar-refractivity contribution is 6.53. The first-order valence-electron chi connectivity index (χ1n) is 2.21. The Morgan fingerprint density at radius 2 is 1.80 bits per heavy atom. The fourth-order valence-corrected chi connectivity index (χ4v) is 0.750. The van der Waals surface area contributed by atoms with Crippen molar-refractivity contribution in [3.8, 4) is 0 Å². The molecule has 0 amide bonds. The Kier molecular flexibility index (Phi) is 0.441. The molecule has 1 aliphatic rings. The summed E-state index contributed by atoms with van der Waals surface area (Å²) in [7, 11) is 0.495. The zero-order valence-corrected chi connectivity index (χ0v) is 5.33. The van der Waals surface area contributed by atoms with Crippen LogP contribution in [0.5, 0.6) is 0 Å². The first-order chi connectivity index (χ1) is 2.21. The van der Waals surface area contributed by atoms with Crippen LogP contribution < -0.4 is 0 Å². The summed E-state index contributed by atoms with van der Waals surface area (Å²) in [5.41, 5.74) is 0. The maximum atomic E-state index is 2.36. The molecule has 1 rings (SSSR count). The molecular formula is C4H10Si. The van der Waals surface area contributed by atoms with Gasteiger partial charge in [0.05, 0.1) is 0 Å². The Balaban J connectivity index is 2.38. The van der Waals surface area contributed by atoms with Crippen LogP contribution in [0.15, 0.2) is 0 Å². The van der Waals surface area contributed by atoms with Crippen LogP contribution in [0.2, 0.25) is 11.1 Å². The Hall–Kier alpha value is 0.217. The normalized spacial score (nSPS) is 34.8. The summed E-state index contributed by atoms with van der Waals surface area (Å²) in [6.07, 6.45) is 0. The molecule has 0 unspecified atom stereocenters. The molecule has 0 spiro atoms. The van der Waals surface area contributed by atoms with Crippen molar-refractivity contribution in [2.45, 2.75) is 24.9 Å². The van der Waals surface area contributed by atoms with Crippen molar-refractivity contribution in [2.24, 2.45) is 0 Å². The molecule has 1 heteroatoms. The lowest BCUT2D eigenvalue weighted by molar-refractivity contribution is 0.872. The van der Waals surface area contributed by atoms with E-state index < -0.39 is 0 Å². The lowest BCUT2D eigenvalue weighted by Crippen LogP contribution is -1.69. The summed E-state index contributed by atoms with van der Waals surface area (Å²) in [6, 6.07) is 1.59. The molecule has 1 fully saturated rings. The highest BCUT2D eigenvalue weighted by Gasteiger charge is 2.31. The van der Waals surface area contributed by atoms with E-state index in [4.69, 9.17) is 0 Å². The third kappa shape index (κ3) is 0.761. The van der Waals surface area contributed by atoms with Crippen molar-refractivity contribution in [3.05, 3.63) is 0 Å². The van der Waals surface area contributed by atoms with Gasteiger partial charge in [0, 0.05) is 9.52 Å². The van der Waals surface area contributed by atoms with Gasteiger partial charge in [-0.15, -0.1) is 0 Å². The van der Waals surface area contributed by atoms with E-state index in [1.807, 2.05) is 0 Å². The first-order valence-corrected chi connectivity index (χ1v) is 3.91. The van der Waals surface area contributed by atoms with Crippen molar-refractivity contribution in [2.75, 3.05) is 0 Å². The Morgan fingerprint density at radius 1 is 1.60 bits per heavy atom. The lowest BCUT2D eigenvalue weighted by Gasteiger charge is -1.86. The molecular weight excluding hydrogens is 76.1 g/mol. The summed E-state index contributed by atoms with van der Waals surface area (Å²) >= 11 is 0. The van der Waals surface area contributed by atoms with Gasteiger partial charge in [-0.3, -0.25) is 0 Å². The summed E-state index contributed by atoms with van der Waals surface area (Å²) in [5.74, 6) is 0. The van der Waals surface area contributed by atoms with Gasteiger partial charge in [0.25, 0.3) is 0 Å². The van der Waals surface area contributed by atoms with Gasteiger partial charge in [0.15, 0.2) is 0 Å². The molecule has 0 N–H and O–H groups in total. The number of hydrogen-bond acceptors (Lipinski definition) is 0. The van der Waals surface area contributed by atoms with Crippen LogP contribution in [0.25, 0.3) is 0 Å². The average molecular weight is 86.2 g/mol. The third-order valence-electron chi connectivity index (χ3n) is 1.25. The van der Waals surface area contributed by atoms with Gasteiger partial charge in [-0.1, -0.05) is 19.9 Å². The van der Waals surface area contributed by atoms with Crippen LogP contribution in [0.3, 0.4) is 0 Å². The van der Waals surface area contributed by atoms with E-state index in [-0.39, 0.29) is 0 Å². The molecule has 0 nitrogen and oxygen atoms in total. The first kappa shape index (κ1) is 3.41. The van der Waals surface area contributed by atoms with Crippen LogP contribution in [-0.2, 0) is 0 Å². The van der Waals surface area contributed by atoms with E-state index in [1.54, 1.807) is 6.04 Å². The van der Waals surface area contributed by atoms with Crippen LogP contribution in [0.4, 0.5) is 0 Å². The van der Waals surface area contributed by atoms with Gasteiger partial charge in [-0.2, -0.15) is 0 Å². The molecule has 0 aromatic carbocycles. The largest absolute Gasteiger partial charge is 0.0632 e. The van der Waals surface area contributed by atoms with Crippen LogP contribution in [0, 0.1) is 0 Å². The molecule has 0 aliphatic carbocycles. The van der Waals surface area contributed by atoms with E-state index in [1.165, 1.54) is 0 Å². The molecule has 0 aromatic heterocycles. The van der Waals surface area contributed by atoms with Crippen LogP contribution >= 0.6 is 0 Å². The highest BCUT2D eigenvalue weighted by atomic mass is 28.2. The molecule has 0 aromatic rings. The van der Waals surface area contributed by atoms with E-state index in [2.05, 4.69) is 13.8 Å². The van der Waals surface area contributed by atoms with Gasteiger partial charge >= 0.3 is 0 Å². The predicted octanol–water partition coefficient (Wildman–Crippen LogP) is 0.786. The molecule has 1 heterocycles. The average Bonchev–Trinajstić information content (AvgIpc) is 1.76. The monoisotopic (exact) mass is 86.1 g/mol. The number of hydrogen-bond donors (Lipinski definition) is 0. The van der Waals surface area contributed by atoms with Crippen molar-refractivity contribution >= 4 is 9.52 Å². The fraction of sp³-hybridized carbons (Fsp3) is 1.00. The minimum absolute atomic E-state index is 0.495. The Labute approximate surface area is 35.4 Å².